The molecule has 3 rings (SSSR count). The number of carbonyl (C=O) groups is 1. The fraction of sp³-hybridized carbons (Fsp3) is 0.750. The van der Waals surface area contributed by atoms with Gasteiger partial charge in [0, 0.05) is 50.7 Å². The van der Waals surface area contributed by atoms with Crippen molar-refractivity contribution in [3.63, 3.8) is 0 Å². The molecule has 0 aliphatic carbocycles. The summed E-state index contributed by atoms with van der Waals surface area (Å²) in [6.07, 6.45) is 4.30. The van der Waals surface area contributed by atoms with Gasteiger partial charge >= 0.3 is 0 Å². The minimum Gasteiger partial charge on any atom is -0.383 e. The number of aryl methyl sites for hydroxylation is 2. The van der Waals surface area contributed by atoms with Gasteiger partial charge in [-0.1, -0.05) is 0 Å². The first-order valence-corrected chi connectivity index (χ1v) is 10.1. The molecule has 1 unspecified atom stereocenters. The lowest BCUT2D eigenvalue weighted by molar-refractivity contribution is -0.127. The number of anilines is 1. The van der Waals surface area contributed by atoms with Gasteiger partial charge in [-0.25, -0.2) is 9.97 Å². The van der Waals surface area contributed by atoms with E-state index < -0.39 is 0 Å². The van der Waals surface area contributed by atoms with Crippen molar-refractivity contribution in [3.05, 3.63) is 17.5 Å². The van der Waals surface area contributed by atoms with Crippen LogP contribution >= 0.6 is 0 Å². The summed E-state index contributed by atoms with van der Waals surface area (Å²) in [5.41, 5.74) is 2.05. The van der Waals surface area contributed by atoms with Crippen LogP contribution in [0.4, 0.5) is 5.95 Å². The molecule has 1 aromatic rings. The van der Waals surface area contributed by atoms with Crippen LogP contribution in [-0.4, -0.2) is 73.3 Å². The predicted molar refractivity (Wildman–Crippen MR) is 106 cm³/mol. The summed E-state index contributed by atoms with van der Waals surface area (Å²) >= 11 is 0. The van der Waals surface area contributed by atoms with Crippen LogP contribution in [0.2, 0.25) is 0 Å². The van der Waals surface area contributed by atoms with E-state index in [1.54, 1.807) is 7.11 Å². The number of aromatic nitrogens is 2. The van der Waals surface area contributed by atoms with Crippen LogP contribution in [-0.2, 0) is 9.53 Å². The molecule has 150 valence electrons. The van der Waals surface area contributed by atoms with Crippen LogP contribution in [0.25, 0.3) is 0 Å². The highest BCUT2D eigenvalue weighted by Gasteiger charge is 2.32. The highest BCUT2D eigenvalue weighted by Crippen LogP contribution is 2.25. The molecule has 2 aliphatic rings. The van der Waals surface area contributed by atoms with Gasteiger partial charge in [0.2, 0.25) is 11.9 Å². The number of ether oxygens (including phenoxy) is 1. The minimum absolute atomic E-state index is 0.108. The lowest BCUT2D eigenvalue weighted by Gasteiger charge is -2.42. The van der Waals surface area contributed by atoms with E-state index in [0.29, 0.717) is 19.2 Å². The Morgan fingerprint density at radius 3 is 2.56 bits per heavy atom. The van der Waals surface area contributed by atoms with Crippen LogP contribution in [0.15, 0.2) is 6.07 Å². The van der Waals surface area contributed by atoms with Crippen molar-refractivity contribution >= 4 is 11.9 Å². The normalized spacial score (nSPS) is 22.0. The fourth-order valence-electron chi connectivity index (χ4n) is 4.25. The summed E-state index contributed by atoms with van der Waals surface area (Å²) in [7, 11) is 1.66. The van der Waals surface area contributed by atoms with Gasteiger partial charge in [0.05, 0.1) is 12.5 Å². The van der Waals surface area contributed by atoms with Crippen molar-refractivity contribution in [2.75, 3.05) is 51.3 Å². The summed E-state index contributed by atoms with van der Waals surface area (Å²) in [6.45, 7) is 9.16. The number of nitrogens with one attached hydrogen (secondary N) is 1. The van der Waals surface area contributed by atoms with Gasteiger partial charge < -0.3 is 15.0 Å². The van der Waals surface area contributed by atoms with Crippen molar-refractivity contribution in [2.45, 2.75) is 45.6 Å². The van der Waals surface area contributed by atoms with Crippen LogP contribution in [0.5, 0.6) is 0 Å². The largest absolute Gasteiger partial charge is 0.383 e. The van der Waals surface area contributed by atoms with Crippen LogP contribution in [0, 0.1) is 19.8 Å². The van der Waals surface area contributed by atoms with E-state index >= 15 is 0 Å². The molecule has 7 heteroatoms. The quantitative estimate of drug-likeness (QED) is 0.761. The second-order valence-corrected chi connectivity index (χ2v) is 7.79. The maximum Gasteiger partial charge on any atom is 0.225 e. The first-order valence-electron chi connectivity index (χ1n) is 10.1. The smallest absolute Gasteiger partial charge is 0.225 e. The third kappa shape index (κ3) is 5.39. The molecule has 1 amide bonds. The second-order valence-electron chi connectivity index (χ2n) is 7.79. The standard InChI is InChI=1S/C20H33N5O2/c1-15-13-16(2)23-20(22-15)24-10-6-18(7-11-24)25-9-4-5-17(14-25)19(26)21-8-12-27-3/h13,17-18H,4-12,14H2,1-3H3,(H,21,26). The average Bonchev–Trinajstić information content (AvgIpc) is 2.67. The Hall–Kier alpha value is -1.73. The zero-order valence-electron chi connectivity index (χ0n) is 16.9. The summed E-state index contributed by atoms with van der Waals surface area (Å²) in [6, 6.07) is 2.57. The molecule has 7 nitrogen and oxygen atoms in total. The number of methoxy groups -OCH3 is 1. The van der Waals surface area contributed by atoms with Crippen LogP contribution in [0.1, 0.15) is 37.1 Å². The van der Waals surface area contributed by atoms with E-state index in [1.807, 2.05) is 19.9 Å². The number of nitrogens with zero attached hydrogens (tertiary/aromatic N) is 4. The van der Waals surface area contributed by atoms with E-state index in [9.17, 15) is 4.79 Å². The number of likely N-dealkylation sites (tertiary alicyclic amines) is 1. The number of hydrogen-bond donors (Lipinski definition) is 1. The van der Waals surface area contributed by atoms with Gasteiger partial charge in [0.25, 0.3) is 0 Å². The maximum atomic E-state index is 12.4. The van der Waals surface area contributed by atoms with Gasteiger partial charge in [-0.2, -0.15) is 0 Å². The number of hydrogen-bond acceptors (Lipinski definition) is 6. The summed E-state index contributed by atoms with van der Waals surface area (Å²) in [5.74, 6) is 1.15. The van der Waals surface area contributed by atoms with Gasteiger partial charge in [-0.3, -0.25) is 9.69 Å². The van der Waals surface area contributed by atoms with Crippen molar-refractivity contribution in [1.82, 2.24) is 20.2 Å². The van der Waals surface area contributed by atoms with Crippen molar-refractivity contribution < 1.29 is 9.53 Å². The first-order chi connectivity index (χ1) is 13.1. The Bertz CT molecular complexity index is 611. The number of carbonyl (C=O) groups excluding carboxylic acids is 1. The van der Waals surface area contributed by atoms with Gasteiger partial charge in [0.15, 0.2) is 0 Å². The highest BCUT2D eigenvalue weighted by atomic mass is 16.5. The molecule has 2 aliphatic heterocycles. The lowest BCUT2D eigenvalue weighted by Crippen LogP contribution is -2.51. The third-order valence-corrected chi connectivity index (χ3v) is 5.66. The Kier molecular flexibility index (Phi) is 7.01. The summed E-state index contributed by atoms with van der Waals surface area (Å²) in [5, 5.41) is 3.00. The molecule has 1 atom stereocenters. The second kappa shape index (κ2) is 9.46. The van der Waals surface area contributed by atoms with Crippen LogP contribution in [0.3, 0.4) is 0 Å². The zero-order valence-corrected chi connectivity index (χ0v) is 16.9. The van der Waals surface area contributed by atoms with Crippen molar-refractivity contribution in [3.8, 4) is 0 Å². The highest BCUT2D eigenvalue weighted by molar-refractivity contribution is 5.78. The van der Waals surface area contributed by atoms with Crippen molar-refractivity contribution in [1.29, 1.82) is 0 Å². The first kappa shape index (κ1) is 20.0. The topological polar surface area (TPSA) is 70.6 Å². The molecule has 27 heavy (non-hydrogen) atoms. The molecule has 1 aromatic heterocycles. The molecule has 0 saturated carbocycles. The molecule has 0 aromatic carbocycles. The predicted octanol–water partition coefficient (Wildman–Crippen LogP) is 1.54. The molecule has 2 saturated heterocycles. The van der Waals surface area contributed by atoms with Crippen molar-refractivity contribution in [2.24, 2.45) is 5.92 Å². The Morgan fingerprint density at radius 1 is 1.19 bits per heavy atom. The number of rotatable bonds is 6. The van der Waals surface area contributed by atoms with Gasteiger partial charge in [0.1, 0.15) is 0 Å². The van der Waals surface area contributed by atoms with Gasteiger partial charge in [-0.05, 0) is 52.1 Å². The average molecular weight is 376 g/mol. The minimum atomic E-state index is 0.108. The molecule has 0 radical (unpaired) electrons. The molecule has 1 N–H and O–H groups in total. The zero-order chi connectivity index (χ0) is 19.2. The molecule has 3 heterocycles. The van der Waals surface area contributed by atoms with E-state index in [1.165, 1.54) is 0 Å². The fourth-order valence-corrected chi connectivity index (χ4v) is 4.25. The van der Waals surface area contributed by atoms with E-state index in [-0.39, 0.29) is 11.8 Å². The lowest BCUT2D eigenvalue weighted by atomic mass is 9.93. The number of piperidine rings is 2. The Balaban J connectivity index is 1.50. The Labute approximate surface area is 162 Å². The Morgan fingerprint density at radius 2 is 1.89 bits per heavy atom. The summed E-state index contributed by atoms with van der Waals surface area (Å²) in [4.78, 5) is 26.4. The maximum absolute atomic E-state index is 12.4. The summed E-state index contributed by atoms with van der Waals surface area (Å²) < 4.78 is 5.02. The van der Waals surface area contributed by atoms with E-state index in [4.69, 9.17) is 4.74 Å². The van der Waals surface area contributed by atoms with E-state index in [2.05, 4.69) is 25.1 Å². The van der Waals surface area contributed by atoms with Gasteiger partial charge in [-0.15, -0.1) is 0 Å². The third-order valence-electron chi connectivity index (χ3n) is 5.66. The SMILES string of the molecule is COCCNC(=O)C1CCCN(C2CCN(c3nc(C)cc(C)n3)CC2)C1. The number of amides is 1. The molecular formula is C20H33N5O2. The molecule has 2 fully saturated rings. The monoisotopic (exact) mass is 375 g/mol. The molecule has 0 spiro atoms. The molecular weight excluding hydrogens is 342 g/mol. The molecule has 0 bridgehead atoms. The van der Waals surface area contributed by atoms with Crippen LogP contribution < -0.4 is 10.2 Å². The van der Waals surface area contributed by atoms with E-state index in [0.717, 1.165) is 69.2 Å².